The summed E-state index contributed by atoms with van der Waals surface area (Å²) in [7, 11) is 1.38. The van der Waals surface area contributed by atoms with Gasteiger partial charge in [-0.2, -0.15) is 4.98 Å². The Kier molecular flexibility index (Phi) is 5.73. The average molecular weight is 420 g/mol. The number of nitrogens with zero attached hydrogens (tertiary/aromatic N) is 5. The molecule has 1 aromatic carbocycles. The summed E-state index contributed by atoms with van der Waals surface area (Å²) < 4.78 is 3.70. The number of hydrogen-bond acceptors (Lipinski definition) is 6. The molecule has 4 rings (SSSR count). The number of carbonyl (C=O) groups is 1. The van der Waals surface area contributed by atoms with Crippen LogP contribution in [0.1, 0.15) is 17.3 Å². The van der Waals surface area contributed by atoms with Gasteiger partial charge in [0, 0.05) is 33.2 Å². The van der Waals surface area contributed by atoms with E-state index in [2.05, 4.69) is 22.1 Å². The van der Waals surface area contributed by atoms with E-state index in [1.807, 2.05) is 35.2 Å². The monoisotopic (exact) mass is 420 g/mol. The van der Waals surface area contributed by atoms with Crippen molar-refractivity contribution in [2.24, 2.45) is 7.05 Å². The van der Waals surface area contributed by atoms with Crippen LogP contribution >= 0.6 is 0 Å². The lowest BCUT2D eigenvalue weighted by Crippen LogP contribution is -2.44. The summed E-state index contributed by atoms with van der Waals surface area (Å²) in [6.45, 7) is 4.92. The third-order valence-corrected chi connectivity index (χ3v) is 5.39. The molecule has 0 atom stereocenters. The molecule has 0 radical (unpaired) electrons. The summed E-state index contributed by atoms with van der Waals surface area (Å²) in [6.07, 6.45) is 0.0264. The van der Waals surface area contributed by atoms with Crippen molar-refractivity contribution in [3.05, 3.63) is 56.7 Å². The van der Waals surface area contributed by atoms with Gasteiger partial charge in [0.2, 0.25) is 11.9 Å². The molecular weight excluding hydrogens is 396 g/mol. The van der Waals surface area contributed by atoms with Gasteiger partial charge < -0.3 is 10.2 Å². The van der Waals surface area contributed by atoms with Crippen LogP contribution in [0.4, 0.5) is 5.95 Å². The molecule has 160 valence electrons. The lowest BCUT2D eigenvalue weighted by molar-refractivity contribution is 0.0911. The quantitative estimate of drug-likeness (QED) is 0.607. The summed E-state index contributed by atoms with van der Waals surface area (Å²) in [5.74, 6) is 5.93. The van der Waals surface area contributed by atoms with Gasteiger partial charge in [-0.1, -0.05) is 36.3 Å². The normalized spacial score (nSPS) is 13.8. The lowest BCUT2D eigenvalue weighted by Gasteiger charge is -2.28. The third-order valence-electron chi connectivity index (χ3n) is 5.39. The minimum Gasteiger partial charge on any atom is -0.340 e. The van der Waals surface area contributed by atoms with Crippen LogP contribution < -0.4 is 21.5 Å². The van der Waals surface area contributed by atoms with Crippen molar-refractivity contribution in [2.45, 2.75) is 19.9 Å². The van der Waals surface area contributed by atoms with E-state index < -0.39 is 17.2 Å². The van der Waals surface area contributed by atoms with Gasteiger partial charge in [-0.25, -0.2) is 9.36 Å². The zero-order valence-corrected chi connectivity index (χ0v) is 17.6. The molecule has 0 aliphatic carbocycles. The maximum atomic E-state index is 13.2. The van der Waals surface area contributed by atoms with Gasteiger partial charge >= 0.3 is 5.69 Å². The Balaban J connectivity index is 1.94. The molecule has 3 heterocycles. The molecule has 0 spiro atoms. The number of anilines is 1. The van der Waals surface area contributed by atoms with Crippen molar-refractivity contribution >= 4 is 23.0 Å². The Morgan fingerprint density at radius 2 is 1.87 bits per heavy atom. The topological polar surface area (TPSA) is 94.2 Å². The maximum absolute atomic E-state index is 13.2. The first-order valence-electron chi connectivity index (χ1n) is 10.2. The number of nitrogens with one attached hydrogen (secondary N) is 1. The first-order chi connectivity index (χ1) is 15.0. The van der Waals surface area contributed by atoms with Crippen molar-refractivity contribution in [1.29, 1.82) is 0 Å². The second kappa shape index (κ2) is 8.62. The van der Waals surface area contributed by atoms with Gasteiger partial charge in [0.25, 0.3) is 5.56 Å². The average Bonchev–Trinajstić information content (AvgIpc) is 3.16. The Morgan fingerprint density at radius 3 is 2.55 bits per heavy atom. The van der Waals surface area contributed by atoms with Gasteiger partial charge in [0.05, 0.1) is 13.0 Å². The molecule has 2 aromatic heterocycles. The van der Waals surface area contributed by atoms with E-state index in [9.17, 15) is 14.4 Å². The van der Waals surface area contributed by atoms with E-state index in [-0.39, 0.29) is 24.1 Å². The molecule has 0 saturated carbocycles. The van der Waals surface area contributed by atoms with E-state index in [0.29, 0.717) is 19.0 Å². The van der Waals surface area contributed by atoms with E-state index in [4.69, 9.17) is 0 Å². The number of benzene rings is 1. The molecule has 9 nitrogen and oxygen atoms in total. The van der Waals surface area contributed by atoms with Crippen LogP contribution in [0.2, 0.25) is 0 Å². The number of fused-ring (bicyclic) bond motifs is 1. The molecule has 3 aromatic rings. The number of carbonyl (C=O) groups excluding carboxylic acids is 1. The zero-order valence-electron chi connectivity index (χ0n) is 17.6. The fourth-order valence-corrected chi connectivity index (χ4v) is 3.77. The molecule has 9 heteroatoms. The molecule has 0 bridgehead atoms. The van der Waals surface area contributed by atoms with Gasteiger partial charge in [-0.3, -0.25) is 18.7 Å². The van der Waals surface area contributed by atoms with E-state index in [1.165, 1.54) is 7.05 Å². The number of aromatic nitrogens is 4. The van der Waals surface area contributed by atoms with Crippen LogP contribution in [0.15, 0.2) is 39.9 Å². The zero-order chi connectivity index (χ0) is 22.0. The summed E-state index contributed by atoms with van der Waals surface area (Å²) in [4.78, 5) is 45.9. The van der Waals surface area contributed by atoms with E-state index >= 15 is 0 Å². The van der Waals surface area contributed by atoms with E-state index in [0.717, 1.165) is 27.8 Å². The van der Waals surface area contributed by atoms with Crippen LogP contribution in [-0.4, -0.2) is 50.8 Å². The smallest absolute Gasteiger partial charge is 0.339 e. The molecule has 1 aliphatic heterocycles. The summed E-state index contributed by atoms with van der Waals surface area (Å²) in [5, 5.41) is 3.29. The lowest BCUT2D eigenvalue weighted by atomic mass is 10.1. The molecule has 31 heavy (non-hydrogen) atoms. The summed E-state index contributed by atoms with van der Waals surface area (Å²) in [5.41, 5.74) is -0.118. The van der Waals surface area contributed by atoms with Crippen LogP contribution in [0.5, 0.6) is 0 Å². The highest BCUT2D eigenvalue weighted by Crippen LogP contribution is 2.20. The predicted molar refractivity (Wildman–Crippen MR) is 119 cm³/mol. The highest BCUT2D eigenvalue weighted by Gasteiger charge is 2.26. The molecule has 1 aliphatic rings. The molecular formula is C22H24N6O3. The van der Waals surface area contributed by atoms with Crippen molar-refractivity contribution in [1.82, 2.24) is 24.0 Å². The second-order valence-electron chi connectivity index (χ2n) is 7.37. The SMILES string of the molecule is CC#CCn1c(N2CCNCC2)nc2c1c(=O)n(C)c(=O)n2C(=O)Cc1ccccc1. The van der Waals surface area contributed by atoms with Gasteiger partial charge in [-0.05, 0) is 12.5 Å². The first kappa shape index (κ1) is 20.6. The van der Waals surface area contributed by atoms with Crippen LogP contribution in [0.25, 0.3) is 11.2 Å². The van der Waals surface area contributed by atoms with Gasteiger partial charge in [0.15, 0.2) is 11.2 Å². The van der Waals surface area contributed by atoms with Crippen LogP contribution in [0, 0.1) is 11.8 Å². The molecule has 1 fully saturated rings. The van der Waals surface area contributed by atoms with Gasteiger partial charge in [-0.15, -0.1) is 5.92 Å². The van der Waals surface area contributed by atoms with Crippen LogP contribution in [-0.2, 0) is 20.0 Å². The van der Waals surface area contributed by atoms with Crippen molar-refractivity contribution in [3.63, 3.8) is 0 Å². The summed E-state index contributed by atoms with van der Waals surface area (Å²) >= 11 is 0. The molecule has 1 saturated heterocycles. The number of rotatable bonds is 4. The first-order valence-corrected chi connectivity index (χ1v) is 10.2. The summed E-state index contributed by atoms with van der Waals surface area (Å²) in [6, 6.07) is 9.18. The Morgan fingerprint density at radius 1 is 1.16 bits per heavy atom. The van der Waals surface area contributed by atoms with Crippen molar-refractivity contribution < 1.29 is 4.79 Å². The Labute approximate surface area is 178 Å². The van der Waals surface area contributed by atoms with E-state index in [1.54, 1.807) is 11.5 Å². The van der Waals surface area contributed by atoms with Crippen molar-refractivity contribution in [3.8, 4) is 11.8 Å². The Bertz CT molecular complexity index is 1300. The van der Waals surface area contributed by atoms with Crippen molar-refractivity contribution in [2.75, 3.05) is 31.1 Å². The number of hydrogen-bond donors (Lipinski definition) is 1. The maximum Gasteiger partial charge on any atom is 0.339 e. The highest BCUT2D eigenvalue weighted by molar-refractivity contribution is 5.90. The molecule has 0 amide bonds. The number of imidazole rings is 1. The van der Waals surface area contributed by atoms with Gasteiger partial charge in [0.1, 0.15) is 0 Å². The Hall–Kier alpha value is -3.64. The molecule has 0 unspecified atom stereocenters. The van der Waals surface area contributed by atoms with Crippen LogP contribution in [0.3, 0.4) is 0 Å². The largest absolute Gasteiger partial charge is 0.340 e. The minimum atomic E-state index is -0.698. The standard InChI is InChI=1S/C22H24N6O3/c1-3-4-12-27-18-19(24-21(27)26-13-10-23-11-14-26)28(22(31)25(2)20(18)30)17(29)15-16-8-6-5-7-9-16/h5-9,23H,10-15H2,1-2H3. The highest BCUT2D eigenvalue weighted by atomic mass is 16.2. The third kappa shape index (κ3) is 3.78. The predicted octanol–water partition coefficient (Wildman–Crippen LogP) is 0.213. The number of piperazine rings is 1. The minimum absolute atomic E-state index is 0.0264. The molecule has 1 N–H and O–H groups in total. The fourth-order valence-electron chi connectivity index (χ4n) is 3.77. The fraction of sp³-hybridized carbons (Fsp3) is 0.364. The second-order valence-corrected chi connectivity index (χ2v) is 7.37.